The fourth-order valence-electron chi connectivity index (χ4n) is 1.77. The molecule has 0 saturated heterocycles. The van der Waals surface area contributed by atoms with Gasteiger partial charge in [0.15, 0.2) is 0 Å². The van der Waals surface area contributed by atoms with Crippen molar-refractivity contribution in [1.82, 2.24) is 4.57 Å². The molecule has 0 amide bonds. The largest absolute Gasteiger partial charge is 0.377 e. The second-order valence-corrected chi connectivity index (χ2v) is 3.56. The zero-order valence-electron chi connectivity index (χ0n) is 8.96. The molecule has 0 fully saturated rings. The van der Waals surface area contributed by atoms with Crippen LogP contribution in [-0.4, -0.2) is 11.2 Å². The van der Waals surface area contributed by atoms with Gasteiger partial charge >= 0.3 is 0 Å². The molecule has 0 aliphatic rings. The van der Waals surface area contributed by atoms with Crippen molar-refractivity contribution in [2.24, 2.45) is 7.05 Å². The minimum absolute atomic E-state index is 0.202. The maximum Gasteiger partial charge on any atom is 0.123 e. The van der Waals surface area contributed by atoms with Crippen LogP contribution in [0.1, 0.15) is 12.5 Å². The lowest BCUT2D eigenvalue weighted by Gasteiger charge is -1.99. The van der Waals surface area contributed by atoms with Crippen molar-refractivity contribution < 1.29 is 9.13 Å². The van der Waals surface area contributed by atoms with Gasteiger partial charge in [0.2, 0.25) is 0 Å². The van der Waals surface area contributed by atoms with Crippen molar-refractivity contribution in [2.75, 3.05) is 6.61 Å². The number of fused-ring (bicyclic) bond motifs is 1. The van der Waals surface area contributed by atoms with Gasteiger partial charge in [0, 0.05) is 36.3 Å². The summed E-state index contributed by atoms with van der Waals surface area (Å²) in [5.74, 6) is -0.202. The predicted octanol–water partition coefficient (Wildman–Crippen LogP) is 2.85. The zero-order chi connectivity index (χ0) is 10.8. The fraction of sp³-hybridized carbons (Fsp3) is 0.333. The van der Waals surface area contributed by atoms with Gasteiger partial charge in [-0.3, -0.25) is 0 Å². The molecule has 2 aromatic rings. The van der Waals surface area contributed by atoms with Gasteiger partial charge in [-0.05, 0) is 25.1 Å². The van der Waals surface area contributed by atoms with E-state index in [0.717, 1.165) is 16.5 Å². The first-order valence-electron chi connectivity index (χ1n) is 5.03. The van der Waals surface area contributed by atoms with Crippen molar-refractivity contribution >= 4 is 10.9 Å². The van der Waals surface area contributed by atoms with E-state index in [0.29, 0.717) is 13.2 Å². The van der Waals surface area contributed by atoms with E-state index in [4.69, 9.17) is 4.74 Å². The van der Waals surface area contributed by atoms with Crippen LogP contribution in [0.15, 0.2) is 24.4 Å². The lowest BCUT2D eigenvalue weighted by molar-refractivity contribution is 0.135. The van der Waals surface area contributed by atoms with E-state index in [1.807, 2.05) is 24.7 Å². The molecule has 1 aromatic heterocycles. The Morgan fingerprint density at radius 3 is 2.93 bits per heavy atom. The average Bonchev–Trinajstić information content (AvgIpc) is 2.52. The Labute approximate surface area is 88.3 Å². The van der Waals surface area contributed by atoms with Crippen molar-refractivity contribution in [3.8, 4) is 0 Å². The SMILES string of the molecule is CCOCc1cn(C)c2ccc(F)cc12. The molecule has 3 heteroatoms. The molecule has 0 spiro atoms. The smallest absolute Gasteiger partial charge is 0.123 e. The Bertz CT molecular complexity index is 476. The predicted molar refractivity (Wildman–Crippen MR) is 58.2 cm³/mol. The van der Waals surface area contributed by atoms with E-state index < -0.39 is 0 Å². The third kappa shape index (κ3) is 1.88. The van der Waals surface area contributed by atoms with Crippen LogP contribution >= 0.6 is 0 Å². The Morgan fingerprint density at radius 1 is 1.40 bits per heavy atom. The molecule has 0 N–H and O–H groups in total. The molecule has 0 aliphatic carbocycles. The number of aromatic nitrogens is 1. The first kappa shape index (κ1) is 10.2. The monoisotopic (exact) mass is 207 g/mol. The van der Waals surface area contributed by atoms with Crippen LogP contribution in [0.25, 0.3) is 10.9 Å². The summed E-state index contributed by atoms with van der Waals surface area (Å²) in [6, 6.07) is 4.83. The van der Waals surface area contributed by atoms with E-state index in [9.17, 15) is 4.39 Å². The zero-order valence-corrected chi connectivity index (χ0v) is 8.96. The minimum Gasteiger partial charge on any atom is -0.377 e. The molecule has 0 radical (unpaired) electrons. The van der Waals surface area contributed by atoms with Crippen molar-refractivity contribution in [3.05, 3.63) is 35.8 Å². The average molecular weight is 207 g/mol. The van der Waals surface area contributed by atoms with E-state index in [-0.39, 0.29) is 5.82 Å². The van der Waals surface area contributed by atoms with E-state index >= 15 is 0 Å². The quantitative estimate of drug-likeness (QED) is 0.754. The Kier molecular flexibility index (Phi) is 2.73. The summed E-state index contributed by atoms with van der Waals surface area (Å²) >= 11 is 0. The third-order valence-corrected chi connectivity index (χ3v) is 2.50. The highest BCUT2D eigenvalue weighted by atomic mass is 19.1. The fourth-order valence-corrected chi connectivity index (χ4v) is 1.77. The van der Waals surface area contributed by atoms with E-state index in [1.54, 1.807) is 12.1 Å². The van der Waals surface area contributed by atoms with Gasteiger partial charge < -0.3 is 9.30 Å². The summed E-state index contributed by atoms with van der Waals surface area (Å²) in [4.78, 5) is 0. The highest BCUT2D eigenvalue weighted by Gasteiger charge is 2.07. The molecule has 2 nitrogen and oxygen atoms in total. The molecule has 15 heavy (non-hydrogen) atoms. The third-order valence-electron chi connectivity index (χ3n) is 2.50. The molecule has 0 unspecified atom stereocenters. The molecule has 0 saturated carbocycles. The Hall–Kier alpha value is -1.35. The summed E-state index contributed by atoms with van der Waals surface area (Å²) < 4.78 is 20.4. The van der Waals surface area contributed by atoms with Crippen LogP contribution in [0.2, 0.25) is 0 Å². The lowest BCUT2D eigenvalue weighted by Crippen LogP contribution is -1.90. The molecule has 80 valence electrons. The first-order valence-corrected chi connectivity index (χ1v) is 5.03. The number of hydrogen-bond donors (Lipinski definition) is 0. The minimum atomic E-state index is -0.202. The highest BCUT2D eigenvalue weighted by Crippen LogP contribution is 2.22. The standard InChI is InChI=1S/C12H14FNO/c1-3-15-8-9-7-14(2)12-5-4-10(13)6-11(9)12/h4-7H,3,8H2,1-2H3. The van der Waals surface area contributed by atoms with Gasteiger partial charge in [0.1, 0.15) is 5.82 Å². The molecule has 1 aromatic carbocycles. The maximum absolute atomic E-state index is 13.1. The number of aryl methyl sites for hydroxylation is 1. The summed E-state index contributed by atoms with van der Waals surface area (Å²) in [5.41, 5.74) is 2.07. The molecular weight excluding hydrogens is 193 g/mol. The van der Waals surface area contributed by atoms with Crippen LogP contribution in [0.5, 0.6) is 0 Å². The summed E-state index contributed by atoms with van der Waals surface area (Å²) in [5, 5.41) is 0.936. The number of halogens is 1. The summed E-state index contributed by atoms with van der Waals surface area (Å²) in [7, 11) is 1.95. The Balaban J connectivity index is 2.49. The van der Waals surface area contributed by atoms with Crippen molar-refractivity contribution in [3.63, 3.8) is 0 Å². The second-order valence-electron chi connectivity index (χ2n) is 3.56. The van der Waals surface area contributed by atoms with Gasteiger partial charge in [-0.25, -0.2) is 4.39 Å². The van der Waals surface area contributed by atoms with E-state index in [1.165, 1.54) is 6.07 Å². The topological polar surface area (TPSA) is 14.2 Å². The van der Waals surface area contributed by atoms with Crippen LogP contribution in [-0.2, 0) is 18.4 Å². The van der Waals surface area contributed by atoms with Gasteiger partial charge in [0.25, 0.3) is 0 Å². The molecule has 0 aliphatic heterocycles. The highest BCUT2D eigenvalue weighted by molar-refractivity contribution is 5.83. The van der Waals surface area contributed by atoms with Crippen LogP contribution in [0.3, 0.4) is 0 Å². The van der Waals surface area contributed by atoms with Crippen LogP contribution in [0.4, 0.5) is 4.39 Å². The van der Waals surface area contributed by atoms with Gasteiger partial charge in [-0.15, -0.1) is 0 Å². The lowest BCUT2D eigenvalue weighted by atomic mass is 10.2. The Morgan fingerprint density at radius 2 is 2.20 bits per heavy atom. The number of hydrogen-bond acceptors (Lipinski definition) is 1. The molecular formula is C12H14FNO. The number of benzene rings is 1. The van der Waals surface area contributed by atoms with Gasteiger partial charge in [-0.2, -0.15) is 0 Å². The normalized spacial score (nSPS) is 11.1. The molecule has 2 rings (SSSR count). The first-order chi connectivity index (χ1) is 7.22. The number of nitrogens with zero attached hydrogens (tertiary/aromatic N) is 1. The summed E-state index contributed by atoms with van der Waals surface area (Å²) in [6.45, 7) is 3.16. The molecule has 0 bridgehead atoms. The van der Waals surface area contributed by atoms with Crippen LogP contribution in [0, 0.1) is 5.82 Å². The van der Waals surface area contributed by atoms with Crippen molar-refractivity contribution in [1.29, 1.82) is 0 Å². The van der Waals surface area contributed by atoms with Gasteiger partial charge in [-0.1, -0.05) is 0 Å². The van der Waals surface area contributed by atoms with Crippen LogP contribution < -0.4 is 0 Å². The maximum atomic E-state index is 13.1. The van der Waals surface area contributed by atoms with Gasteiger partial charge in [0.05, 0.1) is 6.61 Å². The molecule has 1 heterocycles. The van der Waals surface area contributed by atoms with Crippen molar-refractivity contribution in [2.45, 2.75) is 13.5 Å². The summed E-state index contributed by atoms with van der Waals surface area (Å²) in [6.07, 6.45) is 1.99. The second kappa shape index (κ2) is 4.03. The number of ether oxygens (including phenoxy) is 1. The molecule has 0 atom stereocenters. The van der Waals surface area contributed by atoms with E-state index in [2.05, 4.69) is 0 Å². The number of rotatable bonds is 3.